The standard InChI is InChI=1S/C12H26O2.2C7H6O2/c1-7-8-12(14,11(5,6)13)9-10(2,3)4;2*8-7(9)6-4-2-1-3-5-6/h13-14H,7-9H2,1-6H3;2*1-5H,(H,8,9). The van der Waals surface area contributed by atoms with Gasteiger partial charge in [-0.05, 0) is 56.4 Å². The molecule has 0 spiro atoms. The number of carboxylic acid groups (broad SMARTS) is 2. The van der Waals surface area contributed by atoms with Crippen molar-refractivity contribution in [2.75, 3.05) is 0 Å². The van der Waals surface area contributed by atoms with Gasteiger partial charge in [0, 0.05) is 0 Å². The minimum absolute atomic E-state index is 0.0317. The van der Waals surface area contributed by atoms with Gasteiger partial charge >= 0.3 is 11.9 Å². The van der Waals surface area contributed by atoms with E-state index in [2.05, 4.69) is 20.8 Å². The maximum Gasteiger partial charge on any atom is 0.335 e. The minimum atomic E-state index is -1.03. The van der Waals surface area contributed by atoms with E-state index >= 15 is 0 Å². The van der Waals surface area contributed by atoms with Crippen LogP contribution >= 0.6 is 0 Å². The lowest BCUT2D eigenvalue weighted by atomic mass is 9.72. The Morgan fingerprint density at radius 1 is 0.719 bits per heavy atom. The summed E-state index contributed by atoms with van der Waals surface area (Å²) in [5, 5.41) is 37.2. The molecule has 0 saturated heterocycles. The molecule has 6 heteroatoms. The first kappa shape index (κ1) is 29.3. The van der Waals surface area contributed by atoms with Crippen LogP contribution in [0.1, 0.15) is 81.5 Å². The Labute approximate surface area is 191 Å². The van der Waals surface area contributed by atoms with E-state index in [1.54, 1.807) is 74.5 Å². The molecule has 2 aromatic carbocycles. The Hall–Kier alpha value is -2.70. The summed E-state index contributed by atoms with van der Waals surface area (Å²) in [6.45, 7) is 11.7. The number of hydrogen-bond donors (Lipinski definition) is 4. The zero-order chi connectivity index (χ0) is 25.0. The molecule has 0 aliphatic carbocycles. The van der Waals surface area contributed by atoms with Gasteiger partial charge in [-0.25, -0.2) is 9.59 Å². The third kappa shape index (κ3) is 11.6. The summed E-state index contributed by atoms with van der Waals surface area (Å²) >= 11 is 0. The lowest BCUT2D eigenvalue weighted by Crippen LogP contribution is -2.52. The van der Waals surface area contributed by atoms with Crippen LogP contribution in [0, 0.1) is 5.41 Å². The molecular weight excluding hydrogens is 408 g/mol. The zero-order valence-electron chi connectivity index (χ0n) is 20.0. The van der Waals surface area contributed by atoms with E-state index in [0.29, 0.717) is 24.0 Å². The van der Waals surface area contributed by atoms with Gasteiger partial charge in [-0.3, -0.25) is 0 Å². The molecule has 0 bridgehead atoms. The molecule has 1 atom stereocenters. The van der Waals surface area contributed by atoms with Crippen molar-refractivity contribution in [3.63, 3.8) is 0 Å². The molecule has 32 heavy (non-hydrogen) atoms. The Kier molecular flexibility index (Phi) is 11.9. The van der Waals surface area contributed by atoms with Crippen LogP contribution in [-0.2, 0) is 0 Å². The van der Waals surface area contributed by atoms with E-state index in [0.717, 1.165) is 6.42 Å². The normalized spacial score (nSPS) is 12.9. The third-order valence-electron chi connectivity index (χ3n) is 4.67. The monoisotopic (exact) mass is 446 g/mol. The second kappa shape index (κ2) is 13.0. The summed E-state index contributed by atoms with van der Waals surface area (Å²) < 4.78 is 0. The van der Waals surface area contributed by atoms with E-state index in [-0.39, 0.29) is 5.41 Å². The van der Waals surface area contributed by atoms with Crippen LogP contribution in [0.3, 0.4) is 0 Å². The topological polar surface area (TPSA) is 115 Å². The predicted octanol–water partition coefficient (Wildman–Crippen LogP) is 5.49. The van der Waals surface area contributed by atoms with Gasteiger partial charge in [0.1, 0.15) is 0 Å². The first-order chi connectivity index (χ1) is 14.6. The molecule has 0 fully saturated rings. The number of aromatic carboxylic acids is 2. The second-order valence-electron chi connectivity index (χ2n) is 9.42. The van der Waals surface area contributed by atoms with Crippen LogP contribution in [0.4, 0.5) is 0 Å². The van der Waals surface area contributed by atoms with Gasteiger partial charge in [0.2, 0.25) is 0 Å². The summed E-state index contributed by atoms with van der Waals surface area (Å²) in [7, 11) is 0. The van der Waals surface area contributed by atoms with E-state index in [9.17, 15) is 19.8 Å². The molecule has 178 valence electrons. The minimum Gasteiger partial charge on any atom is -0.478 e. The summed E-state index contributed by atoms with van der Waals surface area (Å²) in [4.78, 5) is 20.4. The molecule has 0 radical (unpaired) electrons. The Morgan fingerprint density at radius 2 is 1.06 bits per heavy atom. The molecule has 2 aromatic rings. The second-order valence-corrected chi connectivity index (χ2v) is 9.42. The van der Waals surface area contributed by atoms with Crippen LogP contribution in [0.15, 0.2) is 60.7 Å². The van der Waals surface area contributed by atoms with E-state index in [1.165, 1.54) is 0 Å². The highest BCUT2D eigenvalue weighted by atomic mass is 16.4. The first-order valence-corrected chi connectivity index (χ1v) is 10.6. The molecule has 0 aliphatic rings. The number of carbonyl (C=O) groups is 2. The maximum atomic E-state index is 10.4. The number of benzene rings is 2. The molecule has 2 rings (SSSR count). The average Bonchev–Trinajstić information content (AvgIpc) is 2.68. The molecule has 4 N–H and O–H groups in total. The molecule has 0 aliphatic heterocycles. The van der Waals surface area contributed by atoms with Gasteiger partial charge in [0.15, 0.2) is 0 Å². The van der Waals surface area contributed by atoms with Crippen LogP contribution in [0.25, 0.3) is 0 Å². The van der Waals surface area contributed by atoms with Crippen molar-refractivity contribution in [2.45, 2.75) is 72.0 Å². The fraction of sp³-hybridized carbons (Fsp3) is 0.462. The van der Waals surface area contributed by atoms with Crippen LogP contribution in [-0.4, -0.2) is 43.6 Å². The molecule has 1 unspecified atom stereocenters. The Morgan fingerprint density at radius 3 is 1.25 bits per heavy atom. The van der Waals surface area contributed by atoms with Crippen molar-refractivity contribution in [3.05, 3.63) is 71.8 Å². The molecule has 0 aromatic heterocycles. The maximum absolute atomic E-state index is 10.4. The quantitative estimate of drug-likeness (QED) is 0.466. The summed E-state index contributed by atoms with van der Waals surface area (Å²) in [6, 6.07) is 16.6. The van der Waals surface area contributed by atoms with Crippen molar-refractivity contribution >= 4 is 11.9 Å². The highest BCUT2D eigenvalue weighted by Gasteiger charge is 2.43. The largest absolute Gasteiger partial charge is 0.478 e. The number of hydrogen-bond acceptors (Lipinski definition) is 4. The Bertz CT molecular complexity index is 754. The van der Waals surface area contributed by atoms with Gasteiger partial charge in [0.25, 0.3) is 0 Å². The van der Waals surface area contributed by atoms with Gasteiger partial charge in [-0.15, -0.1) is 0 Å². The van der Waals surface area contributed by atoms with Gasteiger partial charge < -0.3 is 20.4 Å². The van der Waals surface area contributed by atoms with Crippen molar-refractivity contribution in [1.29, 1.82) is 0 Å². The van der Waals surface area contributed by atoms with Crippen LogP contribution < -0.4 is 0 Å². The Balaban J connectivity index is 0.000000466. The lowest BCUT2D eigenvalue weighted by Gasteiger charge is -2.42. The van der Waals surface area contributed by atoms with Crippen LogP contribution in [0.5, 0.6) is 0 Å². The highest BCUT2D eigenvalue weighted by molar-refractivity contribution is 5.87. The molecule has 6 nitrogen and oxygen atoms in total. The number of carboxylic acids is 2. The molecule has 0 heterocycles. The van der Waals surface area contributed by atoms with Crippen molar-refractivity contribution in [3.8, 4) is 0 Å². The van der Waals surface area contributed by atoms with Crippen molar-refractivity contribution in [1.82, 2.24) is 0 Å². The van der Waals surface area contributed by atoms with E-state index in [1.807, 2.05) is 6.92 Å². The molecule has 0 saturated carbocycles. The van der Waals surface area contributed by atoms with Gasteiger partial charge in [-0.2, -0.15) is 0 Å². The van der Waals surface area contributed by atoms with Gasteiger partial charge in [0.05, 0.1) is 22.3 Å². The SMILES string of the molecule is CCCC(O)(CC(C)(C)C)C(C)(C)O.O=C(O)c1ccccc1.O=C(O)c1ccccc1. The van der Waals surface area contributed by atoms with Crippen molar-refractivity contribution in [2.24, 2.45) is 5.41 Å². The van der Waals surface area contributed by atoms with E-state index < -0.39 is 23.1 Å². The van der Waals surface area contributed by atoms with E-state index in [4.69, 9.17) is 10.2 Å². The number of aliphatic hydroxyl groups is 2. The summed E-state index contributed by atoms with van der Waals surface area (Å²) in [5.41, 5.74) is -1.31. The fourth-order valence-electron chi connectivity index (χ4n) is 3.06. The average molecular weight is 447 g/mol. The fourth-order valence-corrected chi connectivity index (χ4v) is 3.06. The summed E-state index contributed by atoms with van der Waals surface area (Å²) in [5.74, 6) is -1.76. The van der Waals surface area contributed by atoms with Gasteiger partial charge in [-0.1, -0.05) is 70.5 Å². The molecular formula is C26H38O6. The smallest absolute Gasteiger partial charge is 0.335 e. The van der Waals surface area contributed by atoms with Crippen LogP contribution in [0.2, 0.25) is 0 Å². The molecule has 0 amide bonds. The predicted molar refractivity (Wildman–Crippen MR) is 127 cm³/mol. The highest BCUT2D eigenvalue weighted by Crippen LogP contribution is 2.37. The first-order valence-electron chi connectivity index (χ1n) is 10.6. The van der Waals surface area contributed by atoms with Crippen molar-refractivity contribution < 1.29 is 30.0 Å². The zero-order valence-corrected chi connectivity index (χ0v) is 20.0. The third-order valence-corrected chi connectivity index (χ3v) is 4.67. The number of rotatable bonds is 6. The summed E-state index contributed by atoms with van der Waals surface area (Å²) in [6.07, 6.45) is 2.15. The lowest BCUT2D eigenvalue weighted by molar-refractivity contribution is -0.152.